The summed E-state index contributed by atoms with van der Waals surface area (Å²) < 4.78 is 16.6. The second-order valence-electron chi connectivity index (χ2n) is 15.2. The maximum Gasteiger partial charge on any atom is 0.306 e. The molecular formula is C58H86O6. The van der Waals surface area contributed by atoms with Gasteiger partial charge in [0.25, 0.3) is 0 Å². The second kappa shape index (κ2) is 50.7. The molecule has 0 bridgehead atoms. The molecule has 0 aliphatic rings. The molecule has 0 saturated heterocycles. The molecule has 0 aliphatic carbocycles. The minimum atomic E-state index is -0.858. The number of hydrogen-bond acceptors (Lipinski definition) is 6. The van der Waals surface area contributed by atoms with E-state index in [9.17, 15) is 14.4 Å². The van der Waals surface area contributed by atoms with E-state index in [1.807, 2.05) is 12.2 Å². The van der Waals surface area contributed by atoms with Gasteiger partial charge >= 0.3 is 17.9 Å². The van der Waals surface area contributed by atoms with Crippen molar-refractivity contribution in [1.29, 1.82) is 0 Å². The molecule has 6 nitrogen and oxygen atoms in total. The maximum atomic E-state index is 12.7. The number of esters is 3. The SMILES string of the molecule is CC/C=C\C/C=C\C/C=C\C/C=C\C/C=C\CCCCCC(=O)OCC(COC(=O)CCC/C=C\C/C=C\C/C=C\CC)OC(=O)CC/C=C\C/C=C\C/C=C\C/C=C\C/C=C\CC. The van der Waals surface area contributed by atoms with E-state index in [-0.39, 0.29) is 44.4 Å². The third-order valence-corrected chi connectivity index (χ3v) is 9.27. The molecule has 0 spiro atoms. The van der Waals surface area contributed by atoms with Crippen LogP contribution in [0.25, 0.3) is 0 Å². The molecule has 0 aromatic heterocycles. The van der Waals surface area contributed by atoms with E-state index in [1.165, 1.54) is 0 Å². The molecule has 0 radical (unpaired) electrons. The largest absolute Gasteiger partial charge is 0.462 e. The highest BCUT2D eigenvalue weighted by molar-refractivity contribution is 5.71. The molecule has 1 unspecified atom stereocenters. The summed E-state index contributed by atoms with van der Waals surface area (Å²) in [6.07, 6.45) is 73.9. The molecule has 0 saturated carbocycles. The van der Waals surface area contributed by atoms with Gasteiger partial charge in [0.05, 0.1) is 0 Å². The smallest absolute Gasteiger partial charge is 0.306 e. The van der Waals surface area contributed by atoms with Crippen molar-refractivity contribution in [3.05, 3.63) is 158 Å². The Morgan fingerprint density at radius 1 is 0.312 bits per heavy atom. The molecule has 0 N–H and O–H groups in total. The topological polar surface area (TPSA) is 78.9 Å². The predicted octanol–water partition coefficient (Wildman–Crippen LogP) is 16.2. The zero-order chi connectivity index (χ0) is 46.5. The molecule has 0 amide bonds. The summed E-state index contributed by atoms with van der Waals surface area (Å²) in [5.41, 5.74) is 0. The van der Waals surface area contributed by atoms with Crippen LogP contribution in [0, 0.1) is 0 Å². The molecule has 0 heterocycles. The van der Waals surface area contributed by atoms with Crippen LogP contribution in [0.4, 0.5) is 0 Å². The number of rotatable bonds is 41. The molecule has 64 heavy (non-hydrogen) atoms. The van der Waals surface area contributed by atoms with Crippen LogP contribution in [0.2, 0.25) is 0 Å². The van der Waals surface area contributed by atoms with Gasteiger partial charge in [0.1, 0.15) is 13.2 Å². The fraction of sp³-hybridized carbons (Fsp3) is 0.500. The first kappa shape index (κ1) is 59.0. The minimum absolute atomic E-state index is 0.149. The Morgan fingerprint density at radius 2 is 0.609 bits per heavy atom. The lowest BCUT2D eigenvalue weighted by Gasteiger charge is -2.18. The van der Waals surface area contributed by atoms with Crippen molar-refractivity contribution >= 4 is 17.9 Å². The predicted molar refractivity (Wildman–Crippen MR) is 274 cm³/mol. The Balaban J connectivity index is 4.62. The van der Waals surface area contributed by atoms with Crippen LogP contribution >= 0.6 is 0 Å². The highest BCUT2D eigenvalue weighted by Gasteiger charge is 2.19. The Labute approximate surface area is 390 Å². The zero-order valence-corrected chi connectivity index (χ0v) is 40.2. The van der Waals surface area contributed by atoms with Crippen molar-refractivity contribution in [1.82, 2.24) is 0 Å². The summed E-state index contributed by atoms with van der Waals surface area (Å²) in [5.74, 6) is -1.14. The summed E-state index contributed by atoms with van der Waals surface area (Å²) in [4.78, 5) is 37.8. The van der Waals surface area contributed by atoms with Crippen LogP contribution in [-0.2, 0) is 28.6 Å². The molecule has 0 aromatic rings. The highest BCUT2D eigenvalue weighted by Crippen LogP contribution is 2.09. The first-order chi connectivity index (χ1) is 31.5. The summed E-state index contributed by atoms with van der Waals surface area (Å²) in [7, 11) is 0. The number of ether oxygens (including phenoxy) is 3. The van der Waals surface area contributed by atoms with Gasteiger partial charge in [-0.05, 0) is 122 Å². The fourth-order valence-corrected chi connectivity index (χ4v) is 5.71. The summed E-state index contributed by atoms with van der Waals surface area (Å²) in [6, 6.07) is 0. The van der Waals surface area contributed by atoms with Gasteiger partial charge < -0.3 is 14.2 Å². The van der Waals surface area contributed by atoms with Crippen LogP contribution in [0.15, 0.2) is 158 Å². The molecule has 0 fully saturated rings. The normalized spacial score (nSPS) is 13.5. The Bertz CT molecular complexity index is 1520. The quantitative estimate of drug-likeness (QED) is 0.0263. The first-order valence-electron chi connectivity index (χ1n) is 24.5. The van der Waals surface area contributed by atoms with E-state index >= 15 is 0 Å². The third-order valence-electron chi connectivity index (χ3n) is 9.27. The van der Waals surface area contributed by atoms with Crippen LogP contribution < -0.4 is 0 Å². The first-order valence-corrected chi connectivity index (χ1v) is 24.5. The molecule has 354 valence electrons. The minimum Gasteiger partial charge on any atom is -0.462 e. The van der Waals surface area contributed by atoms with Crippen LogP contribution in [0.3, 0.4) is 0 Å². The maximum absolute atomic E-state index is 12.7. The lowest BCUT2D eigenvalue weighted by molar-refractivity contribution is -0.166. The van der Waals surface area contributed by atoms with Gasteiger partial charge in [0, 0.05) is 19.3 Å². The van der Waals surface area contributed by atoms with E-state index in [4.69, 9.17) is 14.2 Å². The van der Waals surface area contributed by atoms with Gasteiger partial charge in [-0.1, -0.05) is 185 Å². The number of carbonyl (C=O) groups excluding carboxylic acids is 3. The van der Waals surface area contributed by atoms with Crippen LogP contribution in [0.5, 0.6) is 0 Å². The van der Waals surface area contributed by atoms with Gasteiger partial charge in [-0.2, -0.15) is 0 Å². The lowest BCUT2D eigenvalue weighted by atomic mass is 10.1. The molecular weight excluding hydrogens is 793 g/mol. The molecule has 0 aromatic carbocycles. The third kappa shape index (κ3) is 48.1. The number of allylic oxidation sites excluding steroid dienone is 26. The van der Waals surface area contributed by atoms with Crippen molar-refractivity contribution in [2.24, 2.45) is 0 Å². The number of hydrogen-bond donors (Lipinski definition) is 0. The van der Waals surface area contributed by atoms with Gasteiger partial charge in [-0.3, -0.25) is 14.4 Å². The zero-order valence-electron chi connectivity index (χ0n) is 40.2. The standard InChI is InChI=1S/C58H86O6/c1-4-7-10-13-16-19-22-24-26-28-29-30-32-33-36-39-42-45-48-51-57(60)63-54-55(53-62-56(59)50-47-44-41-38-35-21-18-15-12-9-6-3)64-58(61)52-49-46-43-40-37-34-31-27-25-23-20-17-14-11-8-5-2/h7-12,16-21,24-27,29-30,33-34,36-38,41,43,46,55H,4-6,13-15,22-23,28,31-32,35,39-40,42,44-45,47-54H2,1-3H3/b10-7-,11-8-,12-9-,19-16-,20-17-,21-18-,26-24-,27-25-,30-29-,36-33-,37-34-,41-38-,46-43-. The van der Waals surface area contributed by atoms with E-state index in [1.54, 1.807) is 0 Å². The van der Waals surface area contributed by atoms with E-state index in [2.05, 4.69) is 167 Å². The summed E-state index contributed by atoms with van der Waals surface area (Å²) in [6.45, 7) is 6.11. The number of unbranched alkanes of at least 4 members (excludes halogenated alkanes) is 4. The van der Waals surface area contributed by atoms with Crippen LogP contribution in [0.1, 0.15) is 168 Å². The average molecular weight is 879 g/mol. The van der Waals surface area contributed by atoms with Gasteiger partial charge in [0.2, 0.25) is 0 Å². The van der Waals surface area contributed by atoms with Crippen LogP contribution in [-0.4, -0.2) is 37.2 Å². The van der Waals surface area contributed by atoms with E-state index in [0.29, 0.717) is 12.8 Å². The van der Waals surface area contributed by atoms with Crippen molar-refractivity contribution in [2.45, 2.75) is 175 Å². The molecule has 1 atom stereocenters. The van der Waals surface area contributed by atoms with Crippen molar-refractivity contribution < 1.29 is 28.6 Å². The van der Waals surface area contributed by atoms with E-state index < -0.39 is 12.1 Å². The summed E-state index contributed by atoms with van der Waals surface area (Å²) >= 11 is 0. The Kier molecular flexibility index (Phi) is 46.7. The molecule has 6 heteroatoms. The van der Waals surface area contributed by atoms with Crippen molar-refractivity contribution in [3.63, 3.8) is 0 Å². The van der Waals surface area contributed by atoms with Gasteiger partial charge in [0.15, 0.2) is 6.10 Å². The number of carbonyl (C=O) groups is 3. The van der Waals surface area contributed by atoms with E-state index in [0.717, 1.165) is 116 Å². The Hall–Kier alpha value is -4.97. The molecule has 0 aliphatic heterocycles. The van der Waals surface area contributed by atoms with Crippen molar-refractivity contribution in [3.8, 4) is 0 Å². The lowest BCUT2D eigenvalue weighted by Crippen LogP contribution is -2.30. The average Bonchev–Trinajstić information content (AvgIpc) is 3.29. The van der Waals surface area contributed by atoms with Crippen molar-refractivity contribution in [2.75, 3.05) is 13.2 Å². The fourth-order valence-electron chi connectivity index (χ4n) is 5.71. The van der Waals surface area contributed by atoms with Gasteiger partial charge in [-0.15, -0.1) is 0 Å². The van der Waals surface area contributed by atoms with Gasteiger partial charge in [-0.25, -0.2) is 0 Å². The monoisotopic (exact) mass is 879 g/mol. The highest BCUT2D eigenvalue weighted by atomic mass is 16.6. The second-order valence-corrected chi connectivity index (χ2v) is 15.2. The Morgan fingerprint density at radius 3 is 0.969 bits per heavy atom. The molecule has 0 rings (SSSR count). The summed E-state index contributed by atoms with van der Waals surface area (Å²) in [5, 5.41) is 0.